The van der Waals surface area contributed by atoms with Gasteiger partial charge in [-0.1, -0.05) is 0 Å². The van der Waals surface area contributed by atoms with Crippen molar-refractivity contribution in [3.63, 3.8) is 0 Å². The highest BCUT2D eigenvalue weighted by atomic mass is 32.1. The fourth-order valence-corrected chi connectivity index (χ4v) is 2.64. The van der Waals surface area contributed by atoms with E-state index in [0.717, 1.165) is 27.4 Å². The SMILES string of the molecule is CNc1nc(Cn2cc(C)cn2)nc2sccc12. The lowest BCUT2D eigenvalue weighted by Gasteiger charge is -2.05. The monoisotopic (exact) mass is 259 g/mol. The van der Waals surface area contributed by atoms with Crippen LogP contribution in [0.4, 0.5) is 5.82 Å². The summed E-state index contributed by atoms with van der Waals surface area (Å²) in [5, 5.41) is 10.5. The molecule has 0 saturated heterocycles. The maximum absolute atomic E-state index is 4.55. The molecule has 0 spiro atoms. The van der Waals surface area contributed by atoms with Crippen LogP contribution in [-0.2, 0) is 6.54 Å². The summed E-state index contributed by atoms with van der Waals surface area (Å²) in [5.74, 6) is 1.65. The molecule has 6 heteroatoms. The zero-order valence-electron chi connectivity index (χ0n) is 10.2. The second kappa shape index (κ2) is 4.38. The highest BCUT2D eigenvalue weighted by molar-refractivity contribution is 7.16. The summed E-state index contributed by atoms with van der Waals surface area (Å²) in [6.07, 6.45) is 3.82. The zero-order chi connectivity index (χ0) is 12.5. The van der Waals surface area contributed by atoms with Crippen LogP contribution in [0, 0.1) is 6.92 Å². The van der Waals surface area contributed by atoms with Crippen LogP contribution >= 0.6 is 11.3 Å². The number of fused-ring (bicyclic) bond motifs is 1. The number of hydrogen-bond donors (Lipinski definition) is 1. The van der Waals surface area contributed by atoms with Gasteiger partial charge in [0.2, 0.25) is 0 Å². The average Bonchev–Trinajstić information content (AvgIpc) is 2.97. The molecule has 3 rings (SSSR count). The number of anilines is 1. The topological polar surface area (TPSA) is 55.6 Å². The quantitative estimate of drug-likeness (QED) is 0.784. The molecule has 0 aliphatic carbocycles. The van der Waals surface area contributed by atoms with Gasteiger partial charge in [0, 0.05) is 13.2 Å². The maximum Gasteiger partial charge on any atom is 0.153 e. The van der Waals surface area contributed by atoms with Crippen LogP contribution in [-0.4, -0.2) is 26.8 Å². The first kappa shape index (κ1) is 11.2. The second-order valence-corrected chi connectivity index (χ2v) is 4.99. The molecule has 18 heavy (non-hydrogen) atoms. The number of hydrogen-bond acceptors (Lipinski definition) is 5. The Balaban J connectivity index is 2.01. The minimum atomic E-state index is 0.594. The summed E-state index contributed by atoms with van der Waals surface area (Å²) < 4.78 is 1.85. The Hall–Kier alpha value is -1.95. The maximum atomic E-state index is 4.55. The Labute approximate surface area is 109 Å². The zero-order valence-corrected chi connectivity index (χ0v) is 11.0. The van der Waals surface area contributed by atoms with Crippen molar-refractivity contribution >= 4 is 27.4 Å². The molecule has 1 N–H and O–H groups in total. The predicted molar refractivity (Wildman–Crippen MR) is 73.0 cm³/mol. The number of nitrogens with zero attached hydrogens (tertiary/aromatic N) is 4. The average molecular weight is 259 g/mol. The second-order valence-electron chi connectivity index (χ2n) is 4.09. The number of rotatable bonds is 3. The Morgan fingerprint density at radius 1 is 1.39 bits per heavy atom. The summed E-state index contributed by atoms with van der Waals surface area (Å²) in [6, 6.07) is 2.04. The van der Waals surface area contributed by atoms with Crippen molar-refractivity contribution in [1.29, 1.82) is 0 Å². The first-order chi connectivity index (χ1) is 8.76. The van der Waals surface area contributed by atoms with Gasteiger partial charge in [0.15, 0.2) is 5.82 Å². The van der Waals surface area contributed by atoms with Crippen LogP contribution in [0.1, 0.15) is 11.4 Å². The minimum Gasteiger partial charge on any atom is -0.372 e. The van der Waals surface area contributed by atoms with Crippen LogP contribution in [0.25, 0.3) is 10.2 Å². The van der Waals surface area contributed by atoms with Crippen LogP contribution < -0.4 is 5.32 Å². The van der Waals surface area contributed by atoms with Crippen molar-refractivity contribution in [3.8, 4) is 0 Å². The van der Waals surface area contributed by atoms with Crippen molar-refractivity contribution in [2.45, 2.75) is 13.5 Å². The summed E-state index contributed by atoms with van der Waals surface area (Å²) in [6.45, 7) is 2.61. The van der Waals surface area contributed by atoms with Crippen molar-refractivity contribution in [2.75, 3.05) is 12.4 Å². The van der Waals surface area contributed by atoms with Gasteiger partial charge < -0.3 is 5.32 Å². The van der Waals surface area contributed by atoms with E-state index in [1.165, 1.54) is 0 Å². The molecule has 3 aromatic heterocycles. The van der Waals surface area contributed by atoms with E-state index < -0.39 is 0 Å². The summed E-state index contributed by atoms with van der Waals surface area (Å²) in [5.41, 5.74) is 1.14. The molecule has 0 atom stereocenters. The van der Waals surface area contributed by atoms with Gasteiger partial charge in [-0.25, -0.2) is 9.97 Å². The van der Waals surface area contributed by atoms with E-state index in [-0.39, 0.29) is 0 Å². The highest BCUT2D eigenvalue weighted by Gasteiger charge is 2.08. The fourth-order valence-electron chi connectivity index (χ4n) is 1.86. The number of aryl methyl sites for hydroxylation is 1. The molecule has 5 nitrogen and oxygen atoms in total. The van der Waals surface area contributed by atoms with Gasteiger partial charge in [-0.2, -0.15) is 5.10 Å². The lowest BCUT2D eigenvalue weighted by atomic mass is 10.3. The lowest BCUT2D eigenvalue weighted by Crippen LogP contribution is -2.06. The summed E-state index contributed by atoms with van der Waals surface area (Å²) in [7, 11) is 1.88. The van der Waals surface area contributed by atoms with Crippen molar-refractivity contribution in [1.82, 2.24) is 19.7 Å². The number of thiophene rings is 1. The van der Waals surface area contributed by atoms with E-state index in [2.05, 4.69) is 20.4 Å². The van der Waals surface area contributed by atoms with E-state index in [1.54, 1.807) is 11.3 Å². The minimum absolute atomic E-state index is 0.594. The molecule has 0 aliphatic heterocycles. The largest absolute Gasteiger partial charge is 0.372 e. The van der Waals surface area contributed by atoms with Crippen LogP contribution in [0.2, 0.25) is 0 Å². The first-order valence-corrected chi connectivity index (χ1v) is 6.55. The van der Waals surface area contributed by atoms with Gasteiger partial charge in [-0.05, 0) is 23.9 Å². The Bertz CT molecular complexity index is 685. The molecule has 0 fully saturated rings. The molecule has 0 saturated carbocycles. The van der Waals surface area contributed by atoms with Crippen molar-refractivity contribution in [3.05, 3.63) is 35.2 Å². The predicted octanol–water partition coefficient (Wildman–Crippen LogP) is 2.29. The first-order valence-electron chi connectivity index (χ1n) is 5.67. The number of aromatic nitrogens is 4. The van der Waals surface area contributed by atoms with Crippen molar-refractivity contribution in [2.24, 2.45) is 0 Å². The highest BCUT2D eigenvalue weighted by Crippen LogP contribution is 2.24. The third-order valence-electron chi connectivity index (χ3n) is 2.67. The lowest BCUT2D eigenvalue weighted by molar-refractivity contribution is 0.658. The van der Waals surface area contributed by atoms with Gasteiger partial charge in [-0.3, -0.25) is 4.68 Å². The molecule has 3 aromatic rings. The molecular formula is C12H13N5S. The van der Waals surface area contributed by atoms with Crippen LogP contribution in [0.5, 0.6) is 0 Å². The van der Waals surface area contributed by atoms with Gasteiger partial charge in [0.05, 0.1) is 11.6 Å². The standard InChI is InChI=1S/C12H13N5S/c1-8-5-14-17(6-8)7-10-15-11(13-2)9-3-4-18-12(9)16-10/h3-6H,7H2,1-2H3,(H,13,15,16). The Morgan fingerprint density at radius 3 is 3.00 bits per heavy atom. The van der Waals surface area contributed by atoms with E-state index in [1.807, 2.05) is 42.5 Å². The third kappa shape index (κ3) is 1.95. The molecule has 3 heterocycles. The Morgan fingerprint density at radius 2 is 2.28 bits per heavy atom. The van der Waals surface area contributed by atoms with Gasteiger partial charge >= 0.3 is 0 Å². The normalized spacial score (nSPS) is 11.0. The summed E-state index contributed by atoms with van der Waals surface area (Å²) >= 11 is 1.63. The summed E-state index contributed by atoms with van der Waals surface area (Å²) in [4.78, 5) is 10.1. The van der Waals surface area contributed by atoms with Crippen molar-refractivity contribution < 1.29 is 0 Å². The van der Waals surface area contributed by atoms with Crippen LogP contribution in [0.15, 0.2) is 23.8 Å². The van der Waals surface area contributed by atoms with Gasteiger partial charge in [0.25, 0.3) is 0 Å². The van der Waals surface area contributed by atoms with Gasteiger partial charge in [0.1, 0.15) is 17.2 Å². The molecule has 0 radical (unpaired) electrons. The fraction of sp³-hybridized carbons (Fsp3) is 0.250. The molecule has 0 aromatic carbocycles. The molecular weight excluding hydrogens is 246 g/mol. The van der Waals surface area contributed by atoms with E-state index in [0.29, 0.717) is 6.54 Å². The number of nitrogens with one attached hydrogen (secondary N) is 1. The Kier molecular flexibility index (Phi) is 2.71. The molecule has 0 aliphatic rings. The molecule has 0 bridgehead atoms. The molecule has 0 unspecified atom stereocenters. The third-order valence-corrected chi connectivity index (χ3v) is 3.48. The molecule has 0 amide bonds. The van der Waals surface area contributed by atoms with E-state index >= 15 is 0 Å². The van der Waals surface area contributed by atoms with E-state index in [9.17, 15) is 0 Å². The smallest absolute Gasteiger partial charge is 0.153 e. The van der Waals surface area contributed by atoms with E-state index in [4.69, 9.17) is 0 Å². The molecule has 92 valence electrons. The van der Waals surface area contributed by atoms with Crippen LogP contribution in [0.3, 0.4) is 0 Å². The van der Waals surface area contributed by atoms with Gasteiger partial charge in [-0.15, -0.1) is 11.3 Å².